The first-order chi connectivity index (χ1) is 9.97. The summed E-state index contributed by atoms with van der Waals surface area (Å²) in [5.74, 6) is -2.47. The van der Waals surface area contributed by atoms with Crippen molar-refractivity contribution in [2.75, 3.05) is 13.2 Å². The molecule has 4 atom stereocenters. The van der Waals surface area contributed by atoms with E-state index in [1.807, 2.05) is 0 Å². The van der Waals surface area contributed by atoms with Gasteiger partial charge in [-0.3, -0.25) is 4.79 Å². The predicted molar refractivity (Wildman–Crippen MR) is 65.3 cm³/mol. The monoisotopic (exact) mass is 304 g/mol. The molecule has 21 heavy (non-hydrogen) atoms. The number of ether oxygens (including phenoxy) is 2. The Morgan fingerprint density at radius 2 is 2.00 bits per heavy atom. The molecule has 1 aromatic rings. The zero-order valence-electron chi connectivity index (χ0n) is 10.9. The summed E-state index contributed by atoms with van der Waals surface area (Å²) in [4.78, 5) is 11.8. The molecular weight excluding hydrogens is 288 g/mol. The van der Waals surface area contributed by atoms with E-state index in [9.17, 15) is 20.1 Å². The van der Waals surface area contributed by atoms with Crippen LogP contribution in [0.2, 0.25) is 0 Å². The summed E-state index contributed by atoms with van der Waals surface area (Å²) in [5, 5.41) is 46.9. The lowest BCUT2D eigenvalue weighted by Gasteiger charge is -2.30. The second kappa shape index (κ2) is 6.10. The average molecular weight is 304 g/mol. The van der Waals surface area contributed by atoms with Gasteiger partial charge in [-0.15, -0.1) is 0 Å². The van der Waals surface area contributed by atoms with E-state index in [0.29, 0.717) is 0 Å². The molecule has 0 aliphatic carbocycles. The summed E-state index contributed by atoms with van der Waals surface area (Å²) >= 11 is 0. The van der Waals surface area contributed by atoms with Crippen LogP contribution in [0.3, 0.4) is 0 Å². The van der Waals surface area contributed by atoms with Gasteiger partial charge in [0, 0.05) is 6.07 Å². The number of rotatable bonds is 5. The number of aliphatic hydroxyl groups excluding tert-OH is 5. The second-order valence-corrected chi connectivity index (χ2v) is 4.58. The van der Waals surface area contributed by atoms with Crippen LogP contribution in [-0.2, 0) is 11.3 Å². The smallest absolute Gasteiger partial charge is 0.263 e. The van der Waals surface area contributed by atoms with Crippen molar-refractivity contribution in [2.45, 2.75) is 30.7 Å². The highest BCUT2D eigenvalue weighted by Gasteiger charge is 2.56. The maximum absolute atomic E-state index is 11.8. The normalized spacial score (nSPS) is 32.3. The van der Waals surface area contributed by atoms with E-state index >= 15 is 0 Å². The Balaban J connectivity index is 2.29. The Kier molecular flexibility index (Phi) is 4.61. The molecule has 0 bridgehead atoms. The average Bonchev–Trinajstić information content (AvgIpc) is 2.74. The molecule has 1 aromatic heterocycles. The van der Waals surface area contributed by atoms with Crippen molar-refractivity contribution in [1.82, 2.24) is 0 Å². The van der Waals surface area contributed by atoms with Crippen LogP contribution < -0.4 is 10.2 Å². The summed E-state index contributed by atoms with van der Waals surface area (Å²) in [6.07, 6.45) is -3.46. The van der Waals surface area contributed by atoms with Gasteiger partial charge in [0.1, 0.15) is 43.5 Å². The fraction of sp³-hybridized carbons (Fsp3) is 0.583. The van der Waals surface area contributed by atoms with Crippen LogP contribution >= 0.6 is 0 Å². The highest BCUT2D eigenvalue weighted by atomic mass is 16.7. The van der Waals surface area contributed by atoms with Gasteiger partial charge >= 0.3 is 0 Å². The molecule has 5 N–H and O–H groups in total. The Hall–Kier alpha value is -1.49. The van der Waals surface area contributed by atoms with E-state index in [1.54, 1.807) is 0 Å². The fourth-order valence-corrected chi connectivity index (χ4v) is 2.03. The van der Waals surface area contributed by atoms with Crippen LogP contribution in [0.25, 0.3) is 0 Å². The summed E-state index contributed by atoms with van der Waals surface area (Å²) < 4.78 is 15.2. The van der Waals surface area contributed by atoms with Gasteiger partial charge in [0.05, 0.1) is 6.61 Å². The van der Waals surface area contributed by atoms with Crippen molar-refractivity contribution in [3.63, 3.8) is 0 Å². The first-order valence-electron chi connectivity index (χ1n) is 6.14. The van der Waals surface area contributed by atoms with Crippen molar-refractivity contribution in [1.29, 1.82) is 0 Å². The Bertz CT molecular complexity index is 542. The molecule has 1 fully saturated rings. The number of hydrogen-bond donors (Lipinski definition) is 5. The van der Waals surface area contributed by atoms with Crippen LogP contribution in [-0.4, -0.2) is 62.8 Å². The molecule has 2 heterocycles. The Morgan fingerprint density at radius 3 is 2.48 bits per heavy atom. The van der Waals surface area contributed by atoms with Gasteiger partial charge < -0.3 is 39.4 Å². The van der Waals surface area contributed by atoms with E-state index in [0.717, 1.165) is 12.3 Å². The maximum Gasteiger partial charge on any atom is 0.263 e. The van der Waals surface area contributed by atoms with Crippen molar-refractivity contribution in [3.05, 3.63) is 28.3 Å². The zero-order chi connectivity index (χ0) is 15.6. The van der Waals surface area contributed by atoms with Gasteiger partial charge in [0.25, 0.3) is 5.79 Å². The highest BCUT2D eigenvalue weighted by molar-refractivity contribution is 5.19. The fourth-order valence-electron chi connectivity index (χ4n) is 2.03. The molecule has 1 saturated heterocycles. The van der Waals surface area contributed by atoms with Gasteiger partial charge in [0.15, 0.2) is 0 Å². The molecule has 0 aromatic carbocycles. The predicted octanol–water partition coefficient (Wildman–Crippen LogP) is -2.69. The minimum absolute atomic E-state index is 0.00607. The van der Waals surface area contributed by atoms with E-state index in [4.69, 9.17) is 24.1 Å². The largest absolute Gasteiger partial charge is 0.463 e. The standard InChI is InChI=1S/C12H16O9/c13-2-6-1-7(16)9(4-19-6)21-12(5-15)11(18)10(17)8(3-14)20-12/h1,4,8,10-11,13-15,17-18H,2-3,5H2/t8-,10-,11+,12?/m1/s1. The van der Waals surface area contributed by atoms with Gasteiger partial charge in [0.2, 0.25) is 11.2 Å². The molecule has 0 amide bonds. The maximum atomic E-state index is 11.8. The Morgan fingerprint density at radius 1 is 1.29 bits per heavy atom. The quantitative estimate of drug-likeness (QED) is 0.392. The van der Waals surface area contributed by atoms with Crippen molar-refractivity contribution >= 4 is 0 Å². The third-order valence-electron chi connectivity index (χ3n) is 3.20. The topological polar surface area (TPSA) is 150 Å². The molecular formula is C12H16O9. The Labute approximate surface area is 118 Å². The van der Waals surface area contributed by atoms with E-state index in [-0.39, 0.29) is 11.5 Å². The number of hydrogen-bond acceptors (Lipinski definition) is 9. The van der Waals surface area contributed by atoms with Crippen molar-refractivity contribution < 1.29 is 39.4 Å². The first-order valence-corrected chi connectivity index (χ1v) is 6.14. The van der Waals surface area contributed by atoms with Crippen LogP contribution in [0, 0.1) is 0 Å². The molecule has 2 rings (SSSR count). The van der Waals surface area contributed by atoms with Crippen LogP contribution in [0.1, 0.15) is 5.76 Å². The minimum atomic E-state index is -2.10. The molecule has 9 nitrogen and oxygen atoms in total. The number of aliphatic hydroxyl groups is 5. The van der Waals surface area contributed by atoms with E-state index < -0.39 is 49.3 Å². The van der Waals surface area contributed by atoms with Crippen molar-refractivity contribution in [3.8, 4) is 5.75 Å². The van der Waals surface area contributed by atoms with Crippen LogP contribution in [0.5, 0.6) is 5.75 Å². The van der Waals surface area contributed by atoms with Gasteiger partial charge in [-0.05, 0) is 0 Å². The van der Waals surface area contributed by atoms with Crippen LogP contribution in [0.15, 0.2) is 21.5 Å². The molecule has 1 aliphatic rings. The molecule has 0 spiro atoms. The molecule has 118 valence electrons. The summed E-state index contributed by atoms with van der Waals surface area (Å²) in [7, 11) is 0. The van der Waals surface area contributed by atoms with Gasteiger partial charge in [-0.25, -0.2) is 0 Å². The van der Waals surface area contributed by atoms with E-state index in [2.05, 4.69) is 0 Å². The molecule has 0 saturated carbocycles. The minimum Gasteiger partial charge on any atom is -0.463 e. The van der Waals surface area contributed by atoms with Crippen molar-refractivity contribution in [2.24, 2.45) is 0 Å². The van der Waals surface area contributed by atoms with E-state index in [1.165, 1.54) is 0 Å². The third-order valence-corrected chi connectivity index (χ3v) is 3.20. The molecule has 0 radical (unpaired) electrons. The third kappa shape index (κ3) is 2.79. The lowest BCUT2D eigenvalue weighted by atomic mass is 10.1. The summed E-state index contributed by atoms with van der Waals surface area (Å²) in [6, 6.07) is 0.974. The lowest BCUT2D eigenvalue weighted by molar-refractivity contribution is -0.231. The highest BCUT2D eigenvalue weighted by Crippen LogP contribution is 2.32. The molecule has 9 heteroatoms. The molecule has 1 unspecified atom stereocenters. The summed E-state index contributed by atoms with van der Waals surface area (Å²) in [5.41, 5.74) is -0.670. The van der Waals surface area contributed by atoms with Gasteiger partial charge in [-0.2, -0.15) is 0 Å². The SMILES string of the molecule is O=c1cc(CO)occ1OC1(CO)O[C@H](CO)[C@@H](O)[C@@H]1O. The summed E-state index contributed by atoms with van der Waals surface area (Å²) in [6.45, 7) is -1.96. The first kappa shape index (κ1) is 15.9. The van der Waals surface area contributed by atoms with Gasteiger partial charge in [-0.1, -0.05) is 0 Å². The second-order valence-electron chi connectivity index (χ2n) is 4.58. The molecule has 1 aliphatic heterocycles. The van der Waals surface area contributed by atoms with Crippen LogP contribution in [0.4, 0.5) is 0 Å². The zero-order valence-corrected chi connectivity index (χ0v) is 10.9. The lowest BCUT2D eigenvalue weighted by Crippen LogP contribution is -2.51.